The topological polar surface area (TPSA) is 57.9 Å². The van der Waals surface area contributed by atoms with Gasteiger partial charge < -0.3 is 19.9 Å². The first-order valence-corrected chi connectivity index (χ1v) is 8.74. The number of ether oxygens (including phenoxy) is 1. The third-order valence-electron chi connectivity index (χ3n) is 4.40. The van der Waals surface area contributed by atoms with E-state index in [0.717, 1.165) is 17.1 Å². The van der Waals surface area contributed by atoms with E-state index in [1.54, 1.807) is 17.8 Å². The molecule has 2 aromatic rings. The second-order valence-electron chi connectivity index (χ2n) is 6.68. The average molecular weight is 504 g/mol. The standard InChI is InChI=1S/C19H29FN6O.HI/c1-21-19(22-11-17(24(2)3)15-10-23-26(5)13-15)25(4)12-14-7-8-18(27-6)16(20)9-14;/h7-10,13,17H,11-12H2,1-6H3,(H,21,22);1H. The van der Waals surface area contributed by atoms with Gasteiger partial charge in [-0.3, -0.25) is 9.67 Å². The third-order valence-corrected chi connectivity index (χ3v) is 4.40. The van der Waals surface area contributed by atoms with E-state index in [1.807, 2.05) is 51.6 Å². The fourth-order valence-corrected chi connectivity index (χ4v) is 2.94. The Morgan fingerprint density at radius 3 is 2.57 bits per heavy atom. The first-order valence-electron chi connectivity index (χ1n) is 8.74. The number of benzene rings is 1. The molecule has 0 bridgehead atoms. The smallest absolute Gasteiger partial charge is 0.193 e. The molecule has 1 N–H and O–H groups in total. The predicted octanol–water partition coefficient (Wildman–Crippen LogP) is 2.50. The molecule has 0 spiro atoms. The monoisotopic (exact) mass is 504 g/mol. The number of likely N-dealkylation sites (N-methyl/N-ethyl adjacent to an activating group) is 1. The molecule has 156 valence electrons. The third kappa shape index (κ3) is 6.33. The maximum absolute atomic E-state index is 13.9. The van der Waals surface area contributed by atoms with Gasteiger partial charge in [0.15, 0.2) is 17.5 Å². The molecule has 1 aromatic heterocycles. The van der Waals surface area contributed by atoms with E-state index < -0.39 is 0 Å². The fraction of sp³-hybridized carbons (Fsp3) is 0.474. The molecule has 0 saturated heterocycles. The quantitative estimate of drug-likeness (QED) is 0.357. The molecule has 0 aliphatic rings. The summed E-state index contributed by atoms with van der Waals surface area (Å²) < 4.78 is 20.7. The highest BCUT2D eigenvalue weighted by Gasteiger charge is 2.17. The first-order chi connectivity index (χ1) is 12.8. The number of aryl methyl sites for hydroxylation is 1. The van der Waals surface area contributed by atoms with Crippen molar-refractivity contribution < 1.29 is 9.13 Å². The molecule has 1 heterocycles. The molecule has 0 aliphatic carbocycles. The lowest BCUT2D eigenvalue weighted by Gasteiger charge is -2.27. The molecule has 2 rings (SSSR count). The Morgan fingerprint density at radius 1 is 1.36 bits per heavy atom. The van der Waals surface area contributed by atoms with E-state index in [-0.39, 0.29) is 41.6 Å². The van der Waals surface area contributed by atoms with Gasteiger partial charge in [-0.15, -0.1) is 24.0 Å². The number of hydrogen-bond acceptors (Lipinski definition) is 4. The summed E-state index contributed by atoms with van der Waals surface area (Å²) in [6.45, 7) is 1.20. The summed E-state index contributed by atoms with van der Waals surface area (Å²) in [5.74, 6) is 0.617. The van der Waals surface area contributed by atoms with Crippen LogP contribution in [0.1, 0.15) is 17.2 Å². The largest absolute Gasteiger partial charge is 0.494 e. The highest BCUT2D eigenvalue weighted by Crippen LogP contribution is 2.19. The van der Waals surface area contributed by atoms with Crippen molar-refractivity contribution in [3.8, 4) is 5.75 Å². The first kappa shape index (κ1) is 24.2. The van der Waals surface area contributed by atoms with E-state index in [2.05, 4.69) is 20.3 Å². The average Bonchev–Trinajstić information content (AvgIpc) is 3.04. The van der Waals surface area contributed by atoms with Crippen LogP contribution < -0.4 is 10.1 Å². The van der Waals surface area contributed by atoms with E-state index in [9.17, 15) is 4.39 Å². The van der Waals surface area contributed by atoms with Gasteiger partial charge in [0.2, 0.25) is 0 Å². The van der Waals surface area contributed by atoms with Gasteiger partial charge in [0.05, 0.1) is 19.3 Å². The Bertz CT molecular complexity index is 780. The van der Waals surface area contributed by atoms with Crippen molar-refractivity contribution in [2.24, 2.45) is 12.0 Å². The molecule has 0 radical (unpaired) electrons. The molecular formula is C19H30FIN6O. The Hall–Kier alpha value is -1.88. The van der Waals surface area contributed by atoms with Gasteiger partial charge in [0.1, 0.15) is 0 Å². The second-order valence-corrected chi connectivity index (χ2v) is 6.68. The van der Waals surface area contributed by atoms with Crippen molar-refractivity contribution in [1.82, 2.24) is 24.9 Å². The van der Waals surface area contributed by atoms with Gasteiger partial charge in [0, 0.05) is 46.0 Å². The minimum absolute atomic E-state index is 0. The fourth-order valence-electron chi connectivity index (χ4n) is 2.94. The normalized spacial score (nSPS) is 12.5. The molecule has 7 nitrogen and oxygen atoms in total. The Labute approximate surface area is 183 Å². The molecule has 28 heavy (non-hydrogen) atoms. The van der Waals surface area contributed by atoms with E-state index in [4.69, 9.17) is 4.74 Å². The minimum atomic E-state index is -0.365. The van der Waals surface area contributed by atoms with Crippen LogP contribution in [0.25, 0.3) is 0 Å². The lowest BCUT2D eigenvalue weighted by atomic mass is 10.1. The van der Waals surface area contributed by atoms with Crippen LogP contribution in [0.5, 0.6) is 5.75 Å². The summed E-state index contributed by atoms with van der Waals surface area (Å²) >= 11 is 0. The Balaban J connectivity index is 0.00000392. The number of nitrogens with zero attached hydrogens (tertiary/aromatic N) is 5. The molecule has 0 aliphatic heterocycles. The molecule has 1 unspecified atom stereocenters. The lowest BCUT2D eigenvalue weighted by Crippen LogP contribution is -2.42. The Morgan fingerprint density at radius 2 is 2.07 bits per heavy atom. The number of methoxy groups -OCH3 is 1. The van der Waals surface area contributed by atoms with E-state index in [1.165, 1.54) is 13.2 Å². The SMILES string of the molecule is CN=C(NCC(c1cnn(C)c1)N(C)C)N(C)Cc1ccc(OC)c(F)c1.I. The van der Waals surface area contributed by atoms with Gasteiger partial charge in [-0.1, -0.05) is 6.07 Å². The summed E-state index contributed by atoms with van der Waals surface area (Å²) in [5, 5.41) is 7.65. The lowest BCUT2D eigenvalue weighted by molar-refractivity contribution is 0.295. The number of halogens is 2. The summed E-state index contributed by atoms with van der Waals surface area (Å²) in [5.41, 5.74) is 1.97. The van der Waals surface area contributed by atoms with E-state index in [0.29, 0.717) is 13.1 Å². The van der Waals surface area contributed by atoms with Crippen LogP contribution in [0.3, 0.4) is 0 Å². The molecular weight excluding hydrogens is 474 g/mol. The zero-order valence-corrected chi connectivity index (χ0v) is 19.6. The zero-order chi connectivity index (χ0) is 20.0. The van der Waals surface area contributed by atoms with Crippen LogP contribution >= 0.6 is 24.0 Å². The van der Waals surface area contributed by atoms with Gasteiger partial charge in [-0.25, -0.2) is 4.39 Å². The van der Waals surface area contributed by atoms with Gasteiger partial charge in [-0.05, 0) is 31.8 Å². The second kappa shape index (κ2) is 11.2. The van der Waals surface area contributed by atoms with Gasteiger partial charge in [0.25, 0.3) is 0 Å². The van der Waals surface area contributed by atoms with Gasteiger partial charge >= 0.3 is 0 Å². The number of hydrogen-bond donors (Lipinski definition) is 1. The number of rotatable bonds is 7. The van der Waals surface area contributed by atoms with Crippen molar-refractivity contribution >= 4 is 29.9 Å². The summed E-state index contributed by atoms with van der Waals surface area (Å²) in [7, 11) is 11.1. The van der Waals surface area contributed by atoms with Gasteiger partial charge in [-0.2, -0.15) is 5.10 Å². The molecule has 0 saturated carbocycles. The Kier molecular flexibility index (Phi) is 9.66. The number of aromatic nitrogens is 2. The zero-order valence-electron chi connectivity index (χ0n) is 17.3. The molecule has 1 atom stereocenters. The molecule has 0 fully saturated rings. The minimum Gasteiger partial charge on any atom is -0.494 e. The molecule has 9 heteroatoms. The van der Waals surface area contributed by atoms with Crippen LogP contribution in [-0.2, 0) is 13.6 Å². The van der Waals surface area contributed by atoms with Crippen LogP contribution in [0.4, 0.5) is 4.39 Å². The summed E-state index contributed by atoms with van der Waals surface area (Å²) in [6.07, 6.45) is 3.89. The van der Waals surface area contributed by atoms with Crippen molar-refractivity contribution in [1.29, 1.82) is 0 Å². The van der Waals surface area contributed by atoms with Crippen molar-refractivity contribution in [2.75, 3.05) is 41.8 Å². The van der Waals surface area contributed by atoms with Crippen LogP contribution in [0, 0.1) is 5.82 Å². The maximum atomic E-state index is 13.9. The van der Waals surface area contributed by atoms with Crippen LogP contribution in [0.2, 0.25) is 0 Å². The number of guanidine groups is 1. The maximum Gasteiger partial charge on any atom is 0.193 e. The van der Waals surface area contributed by atoms with Crippen LogP contribution in [0.15, 0.2) is 35.6 Å². The van der Waals surface area contributed by atoms with Crippen LogP contribution in [-0.4, -0.2) is 67.4 Å². The summed E-state index contributed by atoms with van der Waals surface area (Å²) in [6, 6.07) is 5.13. The predicted molar refractivity (Wildman–Crippen MR) is 121 cm³/mol. The number of aliphatic imine (C=N–C) groups is 1. The summed E-state index contributed by atoms with van der Waals surface area (Å²) in [4.78, 5) is 8.43. The van der Waals surface area contributed by atoms with Crippen molar-refractivity contribution in [2.45, 2.75) is 12.6 Å². The van der Waals surface area contributed by atoms with E-state index >= 15 is 0 Å². The molecule has 0 amide bonds. The van der Waals surface area contributed by atoms with Crippen molar-refractivity contribution in [3.63, 3.8) is 0 Å². The highest BCUT2D eigenvalue weighted by atomic mass is 127. The van der Waals surface area contributed by atoms with Crippen molar-refractivity contribution in [3.05, 3.63) is 47.5 Å². The molecule has 1 aromatic carbocycles. The number of nitrogens with one attached hydrogen (secondary N) is 1. The highest BCUT2D eigenvalue weighted by molar-refractivity contribution is 14.0.